The molecule has 0 atom stereocenters. The Hall–Kier alpha value is -2.58. The van der Waals surface area contributed by atoms with Gasteiger partial charge in [0.25, 0.3) is 5.56 Å². The van der Waals surface area contributed by atoms with Crippen LogP contribution in [0, 0.1) is 11.3 Å². The highest BCUT2D eigenvalue weighted by molar-refractivity contribution is 9.11. The van der Waals surface area contributed by atoms with Crippen LogP contribution in [0.4, 0.5) is 8.78 Å². The molecule has 0 aromatic carbocycles. The first-order valence-electron chi connectivity index (χ1n) is 7.14. The van der Waals surface area contributed by atoms with Crippen molar-refractivity contribution in [2.75, 3.05) is 0 Å². The number of ether oxygens (including phenoxy) is 1. The normalized spacial score (nSPS) is 11.0. The lowest BCUT2D eigenvalue weighted by molar-refractivity contribution is -0.0500. The van der Waals surface area contributed by atoms with Crippen molar-refractivity contribution < 1.29 is 13.5 Å². The molecular weight excluding hydrogens is 434 g/mol. The van der Waals surface area contributed by atoms with Crippen LogP contribution in [0.25, 0.3) is 15.9 Å². The molecule has 0 saturated heterocycles. The number of nitrogens with zero attached hydrogens (tertiary/aromatic N) is 4. The number of thiophene rings is 1. The van der Waals surface area contributed by atoms with Gasteiger partial charge in [0.1, 0.15) is 10.4 Å². The molecule has 0 saturated carbocycles. The second kappa shape index (κ2) is 7.35. The molecule has 3 aromatic rings. The molecule has 0 spiro atoms. The van der Waals surface area contributed by atoms with Crippen LogP contribution in [0.15, 0.2) is 37.9 Å². The second-order valence-electron chi connectivity index (χ2n) is 5.01. The lowest BCUT2D eigenvalue weighted by Crippen LogP contribution is -2.38. The third kappa shape index (κ3) is 3.38. The van der Waals surface area contributed by atoms with Crippen LogP contribution in [-0.4, -0.2) is 20.7 Å². The van der Waals surface area contributed by atoms with Crippen molar-refractivity contribution in [3.05, 3.63) is 49.2 Å². The van der Waals surface area contributed by atoms with E-state index in [2.05, 4.69) is 25.7 Å². The van der Waals surface area contributed by atoms with E-state index in [1.807, 2.05) is 6.07 Å². The number of hydrogen-bond donors (Lipinski definition) is 0. The average molecular weight is 443 g/mol. The Morgan fingerprint density at radius 3 is 2.81 bits per heavy atom. The van der Waals surface area contributed by atoms with Gasteiger partial charge in [0.2, 0.25) is 0 Å². The highest BCUT2D eigenvalue weighted by atomic mass is 79.9. The Kier molecular flexibility index (Phi) is 5.15. The van der Waals surface area contributed by atoms with Gasteiger partial charge in [-0.1, -0.05) is 0 Å². The van der Waals surface area contributed by atoms with Gasteiger partial charge in [0.05, 0.1) is 39.9 Å². The van der Waals surface area contributed by atoms with Crippen LogP contribution >= 0.6 is 27.3 Å². The largest absolute Gasteiger partial charge is 0.433 e. The SMILES string of the molecule is N#CCCn1c(=O)n(-c2cncc(OC(F)F)c2)c(=O)c2sc(Br)cc21. The van der Waals surface area contributed by atoms with Crippen molar-refractivity contribution >= 4 is 37.5 Å². The first kappa shape index (κ1) is 18.2. The van der Waals surface area contributed by atoms with Gasteiger partial charge in [0, 0.05) is 12.6 Å². The molecule has 0 unspecified atom stereocenters. The maximum absolute atomic E-state index is 12.8. The van der Waals surface area contributed by atoms with Crippen LogP contribution in [0.1, 0.15) is 6.42 Å². The number of alkyl halides is 2. The van der Waals surface area contributed by atoms with Crippen LogP contribution in [0.3, 0.4) is 0 Å². The number of aryl methyl sites for hydroxylation is 1. The van der Waals surface area contributed by atoms with Gasteiger partial charge in [-0.2, -0.15) is 14.0 Å². The van der Waals surface area contributed by atoms with Crippen LogP contribution in [0.2, 0.25) is 0 Å². The molecule has 0 amide bonds. The molecule has 0 radical (unpaired) electrons. The second-order valence-corrected chi connectivity index (χ2v) is 7.44. The molecule has 11 heteroatoms. The Bertz CT molecular complexity index is 1130. The third-order valence-electron chi connectivity index (χ3n) is 3.42. The minimum atomic E-state index is -3.06. The summed E-state index contributed by atoms with van der Waals surface area (Å²) in [6.07, 6.45) is 2.31. The van der Waals surface area contributed by atoms with E-state index in [0.29, 0.717) is 9.30 Å². The summed E-state index contributed by atoms with van der Waals surface area (Å²) >= 11 is 4.41. The van der Waals surface area contributed by atoms with E-state index in [4.69, 9.17) is 5.26 Å². The van der Waals surface area contributed by atoms with Crippen molar-refractivity contribution in [3.8, 4) is 17.5 Å². The summed E-state index contributed by atoms with van der Waals surface area (Å²) in [7, 11) is 0. The van der Waals surface area contributed by atoms with E-state index in [1.54, 1.807) is 6.07 Å². The maximum Gasteiger partial charge on any atom is 0.387 e. The smallest absolute Gasteiger partial charge is 0.387 e. The third-order valence-corrected chi connectivity index (χ3v) is 5.04. The summed E-state index contributed by atoms with van der Waals surface area (Å²) in [5, 5.41) is 8.82. The number of pyridine rings is 1. The van der Waals surface area contributed by atoms with Gasteiger partial charge in [0.15, 0.2) is 0 Å². The van der Waals surface area contributed by atoms with Gasteiger partial charge in [-0.25, -0.2) is 9.36 Å². The van der Waals surface area contributed by atoms with Crippen LogP contribution < -0.4 is 16.0 Å². The van der Waals surface area contributed by atoms with E-state index >= 15 is 0 Å². The quantitative estimate of drug-likeness (QED) is 0.605. The first-order chi connectivity index (χ1) is 12.4. The zero-order valence-corrected chi connectivity index (χ0v) is 15.3. The minimum absolute atomic E-state index is 0.00437. The highest BCUT2D eigenvalue weighted by Gasteiger charge is 2.18. The van der Waals surface area contributed by atoms with Gasteiger partial charge >= 0.3 is 12.3 Å². The maximum atomic E-state index is 12.8. The fourth-order valence-electron chi connectivity index (χ4n) is 2.42. The van der Waals surface area contributed by atoms with Crippen molar-refractivity contribution in [2.24, 2.45) is 0 Å². The molecule has 0 bridgehead atoms. The zero-order chi connectivity index (χ0) is 18.8. The molecule has 0 aliphatic heterocycles. The Morgan fingerprint density at radius 2 is 2.12 bits per heavy atom. The molecule has 26 heavy (non-hydrogen) atoms. The van der Waals surface area contributed by atoms with E-state index < -0.39 is 17.9 Å². The van der Waals surface area contributed by atoms with Crippen molar-refractivity contribution in [3.63, 3.8) is 0 Å². The standard InChI is InChI=1S/C15H9BrF2N4O3S/c16-11-5-10-12(26-11)13(23)22(15(24)21(10)3-1-2-19)8-4-9(7-20-6-8)25-14(17)18/h4-7,14H,1,3H2. The molecule has 3 heterocycles. The van der Waals surface area contributed by atoms with Crippen molar-refractivity contribution in [1.29, 1.82) is 5.26 Å². The first-order valence-corrected chi connectivity index (χ1v) is 8.75. The minimum Gasteiger partial charge on any atom is -0.433 e. The van der Waals surface area contributed by atoms with E-state index in [9.17, 15) is 18.4 Å². The topological polar surface area (TPSA) is 89.9 Å². The van der Waals surface area contributed by atoms with Crippen LogP contribution in [-0.2, 0) is 6.54 Å². The number of hydrogen-bond acceptors (Lipinski definition) is 6. The predicted molar refractivity (Wildman–Crippen MR) is 94.0 cm³/mol. The summed E-state index contributed by atoms with van der Waals surface area (Å²) in [6, 6.07) is 4.70. The molecule has 7 nitrogen and oxygen atoms in total. The number of rotatable bonds is 5. The zero-order valence-electron chi connectivity index (χ0n) is 12.9. The van der Waals surface area contributed by atoms with Crippen LogP contribution in [0.5, 0.6) is 5.75 Å². The fourth-order valence-corrected chi connectivity index (χ4v) is 3.94. The van der Waals surface area contributed by atoms with E-state index in [0.717, 1.165) is 28.2 Å². The molecule has 3 rings (SSSR count). The van der Waals surface area contributed by atoms with Crippen molar-refractivity contribution in [2.45, 2.75) is 19.6 Å². The van der Waals surface area contributed by atoms with Gasteiger partial charge in [-0.15, -0.1) is 11.3 Å². The lowest BCUT2D eigenvalue weighted by Gasteiger charge is -2.11. The van der Waals surface area contributed by atoms with E-state index in [1.165, 1.54) is 10.8 Å². The molecule has 0 aliphatic carbocycles. The fraction of sp³-hybridized carbons (Fsp3) is 0.200. The summed E-state index contributed by atoms with van der Waals surface area (Å²) in [6.45, 7) is -2.98. The molecular formula is C15H9BrF2N4O3S. The number of fused-ring (bicyclic) bond motifs is 1. The lowest BCUT2D eigenvalue weighted by atomic mass is 10.3. The van der Waals surface area contributed by atoms with Gasteiger partial charge in [-0.3, -0.25) is 14.3 Å². The molecule has 3 aromatic heterocycles. The van der Waals surface area contributed by atoms with E-state index in [-0.39, 0.29) is 29.1 Å². The number of nitriles is 1. The number of halogens is 3. The van der Waals surface area contributed by atoms with Gasteiger partial charge < -0.3 is 4.74 Å². The molecule has 134 valence electrons. The van der Waals surface area contributed by atoms with Crippen molar-refractivity contribution in [1.82, 2.24) is 14.1 Å². The summed E-state index contributed by atoms with van der Waals surface area (Å²) < 4.78 is 32.1. The molecule has 0 fully saturated rings. The monoisotopic (exact) mass is 442 g/mol. The highest BCUT2D eigenvalue weighted by Crippen LogP contribution is 2.27. The summed E-state index contributed by atoms with van der Waals surface area (Å²) in [5.41, 5.74) is -0.907. The molecule has 0 N–H and O–H groups in total. The summed E-state index contributed by atoms with van der Waals surface area (Å²) in [4.78, 5) is 29.4. The predicted octanol–water partition coefficient (Wildman–Crippen LogP) is 2.89. The Balaban J connectivity index is 2.28. The van der Waals surface area contributed by atoms with Gasteiger partial charge in [-0.05, 0) is 22.0 Å². The number of aromatic nitrogens is 3. The molecule has 0 aliphatic rings. The Morgan fingerprint density at radius 1 is 1.35 bits per heavy atom. The average Bonchev–Trinajstić information content (AvgIpc) is 2.96. The Labute approximate surface area is 156 Å². The summed E-state index contributed by atoms with van der Waals surface area (Å²) in [5.74, 6) is -0.278.